The van der Waals surface area contributed by atoms with Crippen LogP contribution in [0.25, 0.3) is 0 Å². The van der Waals surface area contributed by atoms with Crippen LogP contribution in [0.1, 0.15) is 30.4 Å². The summed E-state index contributed by atoms with van der Waals surface area (Å²) >= 11 is 0. The molecule has 0 aliphatic heterocycles. The minimum absolute atomic E-state index is 0.210. The Hall–Kier alpha value is -1.39. The topological polar surface area (TPSA) is 58.6 Å². The average molecular weight is 291 g/mol. The number of nitrogens with one attached hydrogen (secondary N) is 1. The molecule has 1 aromatic rings. The van der Waals surface area contributed by atoms with Crippen molar-refractivity contribution in [1.82, 2.24) is 5.32 Å². The normalized spacial score (nSPS) is 21.4. The molecule has 0 amide bonds. The highest BCUT2D eigenvalue weighted by atomic mass is 16.5. The number of hydrogen-bond donors (Lipinski definition) is 2. The molecule has 4 heteroatoms. The predicted molar refractivity (Wildman–Crippen MR) is 81.8 cm³/mol. The average Bonchev–Trinajstić information content (AvgIpc) is 2.96. The van der Waals surface area contributed by atoms with Crippen LogP contribution in [0.2, 0.25) is 0 Å². The molecule has 2 rings (SSSR count). The van der Waals surface area contributed by atoms with Crippen LogP contribution in [0.4, 0.5) is 0 Å². The van der Waals surface area contributed by atoms with Crippen molar-refractivity contribution in [3.05, 3.63) is 35.4 Å². The summed E-state index contributed by atoms with van der Waals surface area (Å²) < 4.78 is 4.74. The number of carbonyl (C=O) groups excluding carboxylic acids is 1. The van der Waals surface area contributed by atoms with Gasteiger partial charge in [0.1, 0.15) is 0 Å². The Morgan fingerprint density at radius 1 is 1.29 bits per heavy atom. The lowest BCUT2D eigenvalue weighted by Crippen LogP contribution is -2.27. The summed E-state index contributed by atoms with van der Waals surface area (Å²) in [7, 11) is 1.42. The van der Waals surface area contributed by atoms with E-state index in [4.69, 9.17) is 4.74 Å². The highest BCUT2D eigenvalue weighted by molar-refractivity contribution is 5.72. The highest BCUT2D eigenvalue weighted by Gasteiger charge is 2.25. The summed E-state index contributed by atoms with van der Waals surface area (Å²) in [5.41, 5.74) is 2.16. The smallest absolute Gasteiger partial charge is 0.309 e. The molecule has 0 spiro atoms. The van der Waals surface area contributed by atoms with Crippen LogP contribution in [0.15, 0.2) is 24.3 Å². The van der Waals surface area contributed by atoms with Crippen molar-refractivity contribution in [1.29, 1.82) is 0 Å². The maximum atomic E-state index is 11.4. The fourth-order valence-corrected chi connectivity index (χ4v) is 3.15. The Kier molecular flexibility index (Phi) is 6.21. The fraction of sp³-hybridized carbons (Fsp3) is 0.588. The van der Waals surface area contributed by atoms with Gasteiger partial charge in [-0.3, -0.25) is 4.79 Å². The van der Waals surface area contributed by atoms with Gasteiger partial charge in [-0.2, -0.15) is 0 Å². The number of esters is 1. The third-order valence-electron chi connectivity index (χ3n) is 4.45. The van der Waals surface area contributed by atoms with Crippen LogP contribution >= 0.6 is 0 Å². The van der Waals surface area contributed by atoms with Gasteiger partial charge in [0.15, 0.2) is 0 Å². The molecule has 2 unspecified atom stereocenters. The first-order valence-electron chi connectivity index (χ1n) is 7.69. The lowest BCUT2D eigenvalue weighted by atomic mass is 9.96. The van der Waals surface area contributed by atoms with Crippen LogP contribution in [0, 0.1) is 11.8 Å². The number of methoxy groups -OCH3 is 1. The molecule has 0 heterocycles. The largest absolute Gasteiger partial charge is 0.469 e. The monoisotopic (exact) mass is 291 g/mol. The van der Waals surface area contributed by atoms with Gasteiger partial charge in [0.2, 0.25) is 0 Å². The molecule has 1 saturated carbocycles. The van der Waals surface area contributed by atoms with E-state index in [0.717, 1.165) is 30.6 Å². The van der Waals surface area contributed by atoms with Gasteiger partial charge in [0, 0.05) is 13.2 Å². The first-order chi connectivity index (χ1) is 10.2. The Labute approximate surface area is 126 Å². The molecule has 116 valence electrons. The summed E-state index contributed by atoms with van der Waals surface area (Å²) in [5.74, 6) is 0.809. The van der Waals surface area contributed by atoms with Crippen molar-refractivity contribution >= 4 is 5.97 Å². The van der Waals surface area contributed by atoms with Gasteiger partial charge in [-0.15, -0.1) is 0 Å². The SMILES string of the molecule is COC(=O)Cc1ccccc1CNCC1CCCC1CO. The van der Waals surface area contributed by atoms with E-state index in [-0.39, 0.29) is 5.97 Å². The molecule has 1 aromatic carbocycles. The summed E-state index contributed by atoms with van der Waals surface area (Å²) in [5, 5.41) is 12.8. The molecule has 2 N–H and O–H groups in total. The molecule has 0 aromatic heterocycles. The van der Waals surface area contributed by atoms with E-state index in [0.29, 0.717) is 24.9 Å². The zero-order valence-corrected chi connectivity index (χ0v) is 12.7. The lowest BCUT2D eigenvalue weighted by Gasteiger charge is -2.18. The molecule has 1 aliphatic rings. The number of aliphatic hydroxyl groups excluding tert-OH is 1. The molecular formula is C17H25NO3. The number of aliphatic hydroxyl groups is 1. The molecule has 4 nitrogen and oxygen atoms in total. The number of benzene rings is 1. The van der Waals surface area contributed by atoms with Crippen LogP contribution < -0.4 is 5.32 Å². The maximum absolute atomic E-state index is 11.4. The van der Waals surface area contributed by atoms with Gasteiger partial charge < -0.3 is 15.2 Å². The van der Waals surface area contributed by atoms with E-state index in [1.807, 2.05) is 24.3 Å². The van der Waals surface area contributed by atoms with E-state index in [1.165, 1.54) is 20.0 Å². The van der Waals surface area contributed by atoms with Crippen LogP contribution in [-0.2, 0) is 22.5 Å². The maximum Gasteiger partial charge on any atom is 0.309 e. The van der Waals surface area contributed by atoms with Gasteiger partial charge in [0.25, 0.3) is 0 Å². The van der Waals surface area contributed by atoms with Crippen molar-refractivity contribution in [3.8, 4) is 0 Å². The Bertz CT molecular complexity index is 461. The van der Waals surface area contributed by atoms with Gasteiger partial charge in [-0.25, -0.2) is 0 Å². The number of rotatable bonds is 7. The first-order valence-corrected chi connectivity index (χ1v) is 7.69. The van der Waals surface area contributed by atoms with Crippen molar-refractivity contribution in [2.75, 3.05) is 20.3 Å². The quantitative estimate of drug-likeness (QED) is 0.753. The molecule has 0 bridgehead atoms. The highest BCUT2D eigenvalue weighted by Crippen LogP contribution is 2.30. The molecule has 1 aliphatic carbocycles. The van der Waals surface area contributed by atoms with Gasteiger partial charge in [-0.1, -0.05) is 30.7 Å². The Balaban J connectivity index is 1.86. The molecule has 0 radical (unpaired) electrons. The van der Waals surface area contributed by atoms with Gasteiger partial charge in [-0.05, 0) is 42.3 Å². The predicted octanol–water partition coefficient (Wildman–Crippen LogP) is 1.90. The summed E-state index contributed by atoms with van der Waals surface area (Å²) in [6.07, 6.45) is 3.87. The van der Waals surface area contributed by atoms with E-state index in [2.05, 4.69) is 5.32 Å². The second-order valence-corrected chi connectivity index (χ2v) is 5.79. The van der Waals surface area contributed by atoms with Crippen LogP contribution in [0.5, 0.6) is 0 Å². The summed E-state index contributed by atoms with van der Waals surface area (Å²) in [6, 6.07) is 7.95. The van der Waals surface area contributed by atoms with E-state index < -0.39 is 0 Å². The third-order valence-corrected chi connectivity index (χ3v) is 4.45. The van der Waals surface area contributed by atoms with E-state index >= 15 is 0 Å². The molecular weight excluding hydrogens is 266 g/mol. The van der Waals surface area contributed by atoms with E-state index in [9.17, 15) is 9.90 Å². The zero-order chi connectivity index (χ0) is 15.1. The van der Waals surface area contributed by atoms with Gasteiger partial charge >= 0.3 is 5.97 Å². The number of hydrogen-bond acceptors (Lipinski definition) is 4. The summed E-state index contributed by atoms with van der Waals surface area (Å²) in [4.78, 5) is 11.4. The number of carbonyl (C=O) groups is 1. The van der Waals surface area contributed by atoms with Crippen LogP contribution in [-0.4, -0.2) is 31.3 Å². The second-order valence-electron chi connectivity index (χ2n) is 5.79. The lowest BCUT2D eigenvalue weighted by molar-refractivity contribution is -0.139. The second kappa shape index (κ2) is 8.15. The first kappa shape index (κ1) is 16.0. The van der Waals surface area contributed by atoms with Crippen molar-refractivity contribution in [2.24, 2.45) is 11.8 Å². The minimum atomic E-state index is -0.210. The van der Waals surface area contributed by atoms with E-state index in [1.54, 1.807) is 0 Å². The number of ether oxygens (including phenoxy) is 1. The molecule has 0 saturated heterocycles. The zero-order valence-electron chi connectivity index (χ0n) is 12.7. The fourth-order valence-electron chi connectivity index (χ4n) is 3.15. The van der Waals surface area contributed by atoms with Crippen molar-refractivity contribution in [2.45, 2.75) is 32.2 Å². The molecule has 2 atom stereocenters. The van der Waals surface area contributed by atoms with Crippen LogP contribution in [0.3, 0.4) is 0 Å². The molecule has 1 fully saturated rings. The van der Waals surface area contributed by atoms with Crippen molar-refractivity contribution < 1.29 is 14.6 Å². The van der Waals surface area contributed by atoms with Gasteiger partial charge in [0.05, 0.1) is 13.5 Å². The van der Waals surface area contributed by atoms with Crippen molar-refractivity contribution in [3.63, 3.8) is 0 Å². The standard InChI is InChI=1S/C17H25NO3/c1-21-17(20)9-13-5-2-3-6-14(13)10-18-11-15-7-4-8-16(15)12-19/h2-3,5-6,15-16,18-19H,4,7-12H2,1H3. The molecule has 21 heavy (non-hydrogen) atoms. The summed E-state index contributed by atoms with van der Waals surface area (Å²) in [6.45, 7) is 1.98. The Morgan fingerprint density at radius 2 is 2.00 bits per heavy atom. The minimum Gasteiger partial charge on any atom is -0.469 e. The Morgan fingerprint density at radius 3 is 2.71 bits per heavy atom. The third kappa shape index (κ3) is 4.55.